The van der Waals surface area contributed by atoms with Gasteiger partial charge in [-0.2, -0.15) is 14.9 Å². The van der Waals surface area contributed by atoms with Crippen molar-refractivity contribution < 1.29 is 9.90 Å². The number of hydrogen-bond donors (Lipinski definition) is 1. The van der Waals surface area contributed by atoms with Crippen LogP contribution in [0.3, 0.4) is 0 Å². The van der Waals surface area contributed by atoms with E-state index in [0.717, 1.165) is 11.4 Å². The molecule has 7 heteroatoms. The van der Waals surface area contributed by atoms with Gasteiger partial charge in [-0.1, -0.05) is 38.1 Å². The molecular weight excluding hydrogens is 276 g/mol. The second-order valence-electron chi connectivity index (χ2n) is 4.51. The number of carboxylic acid groups (broad SMARTS) is 1. The maximum atomic E-state index is 10.6. The first kappa shape index (κ1) is 14.1. The summed E-state index contributed by atoms with van der Waals surface area (Å²) in [6.07, 6.45) is 1.59. The SMILES string of the molecule is CC(C)c1n[nH]c(=S)n1/N=C\c1ccc(C(=O)[O-])cc1. The number of hydrogen-bond acceptors (Lipinski definition) is 5. The van der Waals surface area contributed by atoms with E-state index in [1.54, 1.807) is 23.0 Å². The van der Waals surface area contributed by atoms with Crippen LogP contribution in [0.4, 0.5) is 0 Å². The molecule has 0 saturated heterocycles. The van der Waals surface area contributed by atoms with Crippen LogP contribution in [-0.4, -0.2) is 27.1 Å². The number of carbonyl (C=O) groups excluding carboxylic acids is 1. The zero-order valence-corrected chi connectivity index (χ0v) is 11.8. The van der Waals surface area contributed by atoms with Crippen LogP contribution in [0.15, 0.2) is 29.4 Å². The van der Waals surface area contributed by atoms with Gasteiger partial charge >= 0.3 is 0 Å². The van der Waals surface area contributed by atoms with Crippen LogP contribution in [0, 0.1) is 4.77 Å². The highest BCUT2D eigenvalue weighted by molar-refractivity contribution is 7.71. The minimum Gasteiger partial charge on any atom is -0.545 e. The zero-order chi connectivity index (χ0) is 14.7. The van der Waals surface area contributed by atoms with Gasteiger partial charge in [0, 0.05) is 5.92 Å². The van der Waals surface area contributed by atoms with Crippen LogP contribution >= 0.6 is 12.2 Å². The lowest BCUT2D eigenvalue weighted by atomic mass is 10.1. The lowest BCUT2D eigenvalue weighted by Crippen LogP contribution is -2.21. The van der Waals surface area contributed by atoms with E-state index in [0.29, 0.717) is 4.77 Å². The van der Waals surface area contributed by atoms with Crippen LogP contribution in [0.1, 0.15) is 41.5 Å². The molecule has 104 valence electrons. The minimum atomic E-state index is -1.20. The van der Waals surface area contributed by atoms with Gasteiger partial charge in [0.2, 0.25) is 4.77 Å². The molecule has 20 heavy (non-hydrogen) atoms. The van der Waals surface area contributed by atoms with Crippen LogP contribution in [0.2, 0.25) is 0 Å². The number of aromatic nitrogens is 3. The Bertz CT molecular complexity index is 698. The van der Waals surface area contributed by atoms with Gasteiger partial charge < -0.3 is 9.90 Å². The Labute approximate surface area is 120 Å². The third-order valence-corrected chi connectivity index (χ3v) is 2.92. The molecule has 0 unspecified atom stereocenters. The monoisotopic (exact) mass is 289 g/mol. The summed E-state index contributed by atoms with van der Waals surface area (Å²) in [5.74, 6) is -0.286. The highest BCUT2D eigenvalue weighted by atomic mass is 32.1. The Morgan fingerprint density at radius 1 is 1.45 bits per heavy atom. The number of benzene rings is 1. The van der Waals surface area contributed by atoms with Crippen molar-refractivity contribution in [2.45, 2.75) is 19.8 Å². The molecule has 1 aromatic heterocycles. The molecule has 1 N–H and O–H groups in total. The van der Waals surface area contributed by atoms with E-state index >= 15 is 0 Å². The summed E-state index contributed by atoms with van der Waals surface area (Å²) in [6.45, 7) is 3.98. The first-order valence-electron chi connectivity index (χ1n) is 6.02. The second kappa shape index (κ2) is 5.79. The van der Waals surface area contributed by atoms with Crippen molar-refractivity contribution in [2.75, 3.05) is 0 Å². The lowest BCUT2D eigenvalue weighted by molar-refractivity contribution is -0.255. The van der Waals surface area contributed by atoms with Gasteiger partial charge in [-0.15, -0.1) is 0 Å². The third-order valence-electron chi connectivity index (χ3n) is 2.66. The molecule has 0 bridgehead atoms. The summed E-state index contributed by atoms with van der Waals surface area (Å²) in [5, 5.41) is 21.7. The van der Waals surface area contributed by atoms with Crippen LogP contribution in [-0.2, 0) is 0 Å². The Hall–Kier alpha value is -2.28. The number of rotatable bonds is 4. The minimum absolute atomic E-state index is 0.130. The Balaban J connectivity index is 2.27. The molecule has 6 nitrogen and oxygen atoms in total. The number of aromatic carboxylic acids is 1. The largest absolute Gasteiger partial charge is 0.545 e. The summed E-state index contributed by atoms with van der Waals surface area (Å²) in [6, 6.07) is 6.23. The van der Waals surface area contributed by atoms with E-state index in [2.05, 4.69) is 15.3 Å². The molecule has 2 aromatic rings. The Morgan fingerprint density at radius 2 is 2.10 bits per heavy atom. The predicted octanol–water partition coefficient (Wildman–Crippen LogP) is 1.31. The maximum absolute atomic E-state index is 10.6. The smallest absolute Gasteiger partial charge is 0.216 e. The first-order valence-corrected chi connectivity index (χ1v) is 6.43. The highest BCUT2D eigenvalue weighted by Gasteiger charge is 2.08. The van der Waals surface area contributed by atoms with Crippen molar-refractivity contribution in [3.63, 3.8) is 0 Å². The number of aromatic amines is 1. The van der Waals surface area contributed by atoms with Crippen molar-refractivity contribution in [3.05, 3.63) is 46.0 Å². The zero-order valence-electron chi connectivity index (χ0n) is 11.0. The van der Waals surface area contributed by atoms with Crippen molar-refractivity contribution >= 4 is 24.4 Å². The van der Waals surface area contributed by atoms with Crippen LogP contribution < -0.4 is 5.11 Å². The van der Waals surface area contributed by atoms with E-state index in [4.69, 9.17) is 12.2 Å². The number of nitrogens with zero attached hydrogens (tertiary/aromatic N) is 3. The van der Waals surface area contributed by atoms with Gasteiger partial charge in [-0.3, -0.25) is 5.10 Å². The summed E-state index contributed by atoms with van der Waals surface area (Å²) >= 11 is 5.11. The standard InChI is InChI=1S/C13H14N4O2S/c1-8(2)11-15-16-13(20)17(11)14-7-9-3-5-10(6-4-9)12(18)19/h3-8H,1-2H3,(H,16,20)(H,18,19)/p-1/b14-7-. The number of carboxylic acids is 1. The third kappa shape index (κ3) is 3.00. The fourth-order valence-corrected chi connectivity index (χ4v) is 1.81. The van der Waals surface area contributed by atoms with Gasteiger partial charge in [0.05, 0.1) is 12.2 Å². The van der Waals surface area contributed by atoms with Gasteiger partial charge in [0.25, 0.3) is 0 Å². The molecular formula is C13H13N4O2S-. The maximum Gasteiger partial charge on any atom is 0.216 e. The Morgan fingerprint density at radius 3 is 2.65 bits per heavy atom. The van der Waals surface area contributed by atoms with Crippen molar-refractivity contribution in [1.29, 1.82) is 0 Å². The topological polar surface area (TPSA) is 86.1 Å². The predicted molar refractivity (Wildman–Crippen MR) is 75.3 cm³/mol. The average molecular weight is 289 g/mol. The van der Waals surface area contributed by atoms with Crippen LogP contribution in [0.25, 0.3) is 0 Å². The van der Waals surface area contributed by atoms with E-state index in [1.165, 1.54) is 12.1 Å². The molecule has 2 rings (SSSR count). The molecule has 0 aliphatic rings. The molecule has 0 atom stereocenters. The summed E-state index contributed by atoms with van der Waals surface area (Å²) in [7, 11) is 0. The molecule has 0 spiro atoms. The average Bonchev–Trinajstić information content (AvgIpc) is 2.78. The summed E-state index contributed by atoms with van der Waals surface area (Å²) in [5.41, 5.74) is 0.887. The second-order valence-corrected chi connectivity index (χ2v) is 4.89. The Kier molecular flexibility index (Phi) is 4.09. The molecule has 0 radical (unpaired) electrons. The van der Waals surface area contributed by atoms with Crippen molar-refractivity contribution in [2.24, 2.45) is 5.10 Å². The van der Waals surface area contributed by atoms with Gasteiger partial charge in [-0.05, 0) is 23.3 Å². The molecule has 0 aliphatic carbocycles. The van der Waals surface area contributed by atoms with E-state index < -0.39 is 5.97 Å². The van der Waals surface area contributed by atoms with Crippen molar-refractivity contribution in [1.82, 2.24) is 14.9 Å². The molecule has 0 aliphatic heterocycles. The van der Waals surface area contributed by atoms with Gasteiger partial charge in [0.1, 0.15) is 0 Å². The quantitative estimate of drug-likeness (QED) is 0.679. The molecule has 1 aromatic carbocycles. The number of H-pyrrole nitrogens is 1. The fourth-order valence-electron chi connectivity index (χ4n) is 1.62. The van der Waals surface area contributed by atoms with Crippen LogP contribution in [0.5, 0.6) is 0 Å². The highest BCUT2D eigenvalue weighted by Crippen LogP contribution is 2.11. The lowest BCUT2D eigenvalue weighted by Gasteiger charge is -2.03. The molecule has 0 saturated carbocycles. The van der Waals surface area contributed by atoms with Crippen molar-refractivity contribution in [3.8, 4) is 0 Å². The normalized spacial score (nSPS) is 11.3. The summed E-state index contributed by atoms with van der Waals surface area (Å²) < 4.78 is 1.96. The van der Waals surface area contributed by atoms with E-state index in [9.17, 15) is 9.90 Å². The molecule has 1 heterocycles. The first-order chi connectivity index (χ1) is 9.49. The van der Waals surface area contributed by atoms with E-state index in [-0.39, 0.29) is 11.5 Å². The van der Waals surface area contributed by atoms with E-state index in [1.807, 2.05) is 13.8 Å². The summed E-state index contributed by atoms with van der Waals surface area (Å²) in [4.78, 5) is 10.6. The molecule has 0 amide bonds. The van der Waals surface area contributed by atoms with Gasteiger partial charge in [-0.25, -0.2) is 0 Å². The number of carbonyl (C=O) groups is 1. The fraction of sp³-hybridized carbons (Fsp3) is 0.231. The number of nitrogens with one attached hydrogen (secondary N) is 1. The molecule has 0 fully saturated rings. The van der Waals surface area contributed by atoms with Gasteiger partial charge in [0.15, 0.2) is 5.82 Å².